The van der Waals surface area contributed by atoms with Crippen LogP contribution in [0.15, 0.2) is 36.4 Å². The van der Waals surface area contributed by atoms with Crippen molar-refractivity contribution in [3.8, 4) is 5.75 Å². The van der Waals surface area contributed by atoms with Crippen molar-refractivity contribution in [2.24, 2.45) is 0 Å². The first-order chi connectivity index (χ1) is 9.13. The lowest BCUT2D eigenvalue weighted by Crippen LogP contribution is -2.31. The summed E-state index contributed by atoms with van der Waals surface area (Å²) in [5, 5.41) is 12.5. The fourth-order valence-electron chi connectivity index (χ4n) is 2.50. The Labute approximate surface area is 115 Å². The molecule has 2 aromatic carbocycles. The lowest BCUT2D eigenvalue weighted by atomic mass is 10.0. The van der Waals surface area contributed by atoms with Crippen LogP contribution in [-0.4, -0.2) is 22.6 Å². The number of phenolic OH excluding ortho intramolecular Hbond substituents is 1. The molecule has 0 heterocycles. The molecule has 0 aromatic heterocycles. The zero-order valence-corrected chi connectivity index (χ0v) is 12.1. The minimum absolute atomic E-state index is 0.403. The third kappa shape index (κ3) is 3.07. The molecule has 0 radical (unpaired) electrons. The summed E-state index contributed by atoms with van der Waals surface area (Å²) in [6, 6.07) is 12.5. The maximum absolute atomic E-state index is 10.2. The number of hydrogen-bond donors (Lipinski definition) is 1. The smallest absolute Gasteiger partial charge is 0.120 e. The van der Waals surface area contributed by atoms with Gasteiger partial charge >= 0.3 is 0 Å². The summed E-state index contributed by atoms with van der Waals surface area (Å²) in [6.45, 7) is 8.47. The monoisotopic (exact) mass is 257 g/mol. The number of benzene rings is 2. The first kappa shape index (κ1) is 13.9. The second kappa shape index (κ2) is 6.07. The van der Waals surface area contributed by atoms with Gasteiger partial charge < -0.3 is 5.11 Å². The summed E-state index contributed by atoms with van der Waals surface area (Å²) < 4.78 is 0. The summed E-state index contributed by atoms with van der Waals surface area (Å²) in [7, 11) is 0. The van der Waals surface area contributed by atoms with E-state index in [4.69, 9.17) is 0 Å². The van der Waals surface area contributed by atoms with Gasteiger partial charge in [0.05, 0.1) is 0 Å². The highest BCUT2D eigenvalue weighted by atomic mass is 16.3. The summed E-state index contributed by atoms with van der Waals surface area (Å²) in [4.78, 5) is 2.40. The highest BCUT2D eigenvalue weighted by Gasteiger charge is 2.13. The fourth-order valence-corrected chi connectivity index (χ4v) is 2.50. The Hall–Kier alpha value is -1.54. The maximum atomic E-state index is 10.2. The molecule has 0 amide bonds. The van der Waals surface area contributed by atoms with E-state index >= 15 is 0 Å². The molecular weight excluding hydrogens is 234 g/mol. The second-order valence-electron chi connectivity index (χ2n) is 5.35. The summed E-state index contributed by atoms with van der Waals surface area (Å²) in [6.07, 6.45) is 1.13. The maximum Gasteiger partial charge on any atom is 0.120 e. The van der Waals surface area contributed by atoms with E-state index in [1.165, 1.54) is 5.39 Å². The number of phenols is 1. The van der Waals surface area contributed by atoms with Gasteiger partial charge in [-0.25, -0.2) is 0 Å². The molecule has 1 N–H and O–H groups in total. The molecule has 0 bridgehead atoms. The van der Waals surface area contributed by atoms with Crippen molar-refractivity contribution in [1.29, 1.82) is 0 Å². The van der Waals surface area contributed by atoms with Crippen molar-refractivity contribution in [1.82, 2.24) is 4.90 Å². The molecule has 19 heavy (non-hydrogen) atoms. The highest BCUT2D eigenvalue weighted by Crippen LogP contribution is 2.28. The largest absolute Gasteiger partial charge is 0.508 e. The predicted molar refractivity (Wildman–Crippen MR) is 81.4 cm³/mol. The van der Waals surface area contributed by atoms with E-state index in [0.29, 0.717) is 11.8 Å². The molecule has 0 saturated heterocycles. The predicted octanol–water partition coefficient (Wildman–Crippen LogP) is 4.17. The third-order valence-corrected chi connectivity index (χ3v) is 3.62. The van der Waals surface area contributed by atoms with Crippen LogP contribution in [-0.2, 0) is 6.54 Å². The molecule has 0 spiro atoms. The Kier molecular flexibility index (Phi) is 4.43. The molecule has 0 aliphatic heterocycles. The SMILES string of the molecule is CCCN(Cc1c(O)ccc2ccccc12)C(C)C. The Morgan fingerprint density at radius 1 is 1.11 bits per heavy atom. The van der Waals surface area contributed by atoms with Crippen LogP contribution < -0.4 is 0 Å². The summed E-state index contributed by atoms with van der Waals surface area (Å²) in [5.41, 5.74) is 1.04. The fraction of sp³-hybridized carbons (Fsp3) is 0.412. The zero-order valence-electron chi connectivity index (χ0n) is 12.1. The zero-order chi connectivity index (χ0) is 13.8. The van der Waals surface area contributed by atoms with E-state index in [-0.39, 0.29) is 0 Å². The molecule has 0 aliphatic carbocycles. The van der Waals surface area contributed by atoms with Crippen LogP contribution in [0.2, 0.25) is 0 Å². The Morgan fingerprint density at radius 3 is 2.53 bits per heavy atom. The molecule has 0 unspecified atom stereocenters. The molecule has 0 fully saturated rings. The minimum atomic E-state index is 0.403. The van der Waals surface area contributed by atoms with Crippen LogP contribution in [0.25, 0.3) is 10.8 Å². The molecule has 0 atom stereocenters. The Morgan fingerprint density at radius 2 is 1.84 bits per heavy atom. The third-order valence-electron chi connectivity index (χ3n) is 3.62. The molecule has 2 aromatic rings. The average molecular weight is 257 g/mol. The van der Waals surface area contributed by atoms with Gasteiger partial charge in [-0.2, -0.15) is 0 Å². The van der Waals surface area contributed by atoms with Gasteiger partial charge in [0.1, 0.15) is 5.75 Å². The number of hydrogen-bond acceptors (Lipinski definition) is 2. The first-order valence-corrected chi connectivity index (χ1v) is 7.07. The molecule has 102 valence electrons. The molecule has 2 rings (SSSR count). The van der Waals surface area contributed by atoms with E-state index in [0.717, 1.165) is 30.5 Å². The minimum Gasteiger partial charge on any atom is -0.508 e. The van der Waals surface area contributed by atoms with Crippen molar-refractivity contribution in [3.63, 3.8) is 0 Å². The van der Waals surface area contributed by atoms with Crippen molar-refractivity contribution in [2.45, 2.75) is 39.8 Å². The molecule has 0 aliphatic rings. The van der Waals surface area contributed by atoms with Crippen LogP contribution in [0.5, 0.6) is 5.75 Å². The van der Waals surface area contributed by atoms with Crippen LogP contribution >= 0.6 is 0 Å². The molecule has 0 saturated carbocycles. The van der Waals surface area contributed by atoms with E-state index in [2.05, 4.69) is 37.8 Å². The van der Waals surface area contributed by atoms with Crippen LogP contribution in [0.4, 0.5) is 0 Å². The molecular formula is C17H23NO. The van der Waals surface area contributed by atoms with Crippen LogP contribution in [0, 0.1) is 0 Å². The van der Waals surface area contributed by atoms with Gasteiger partial charge in [-0.05, 0) is 43.7 Å². The quantitative estimate of drug-likeness (QED) is 0.869. The van der Waals surface area contributed by atoms with Gasteiger partial charge in [-0.15, -0.1) is 0 Å². The Bertz CT molecular complexity index is 548. The van der Waals surface area contributed by atoms with Crippen LogP contribution in [0.1, 0.15) is 32.8 Å². The van der Waals surface area contributed by atoms with Gasteiger partial charge in [-0.1, -0.05) is 37.3 Å². The van der Waals surface area contributed by atoms with Crippen molar-refractivity contribution in [3.05, 3.63) is 42.0 Å². The first-order valence-electron chi connectivity index (χ1n) is 7.07. The van der Waals surface area contributed by atoms with E-state index in [1.54, 1.807) is 0 Å². The molecule has 2 nitrogen and oxygen atoms in total. The normalized spacial score (nSPS) is 11.6. The number of nitrogens with zero attached hydrogens (tertiary/aromatic N) is 1. The van der Waals surface area contributed by atoms with Crippen molar-refractivity contribution >= 4 is 10.8 Å². The van der Waals surface area contributed by atoms with Crippen molar-refractivity contribution in [2.75, 3.05) is 6.54 Å². The summed E-state index contributed by atoms with van der Waals surface area (Å²) in [5.74, 6) is 0.403. The lowest BCUT2D eigenvalue weighted by Gasteiger charge is -2.27. The van der Waals surface area contributed by atoms with Crippen LogP contribution in [0.3, 0.4) is 0 Å². The second-order valence-corrected chi connectivity index (χ2v) is 5.35. The van der Waals surface area contributed by atoms with Gasteiger partial charge in [0.25, 0.3) is 0 Å². The van der Waals surface area contributed by atoms with E-state index in [9.17, 15) is 5.11 Å². The van der Waals surface area contributed by atoms with Gasteiger partial charge in [-0.3, -0.25) is 4.90 Å². The van der Waals surface area contributed by atoms with Crippen molar-refractivity contribution < 1.29 is 5.11 Å². The number of aromatic hydroxyl groups is 1. The number of rotatable bonds is 5. The summed E-state index contributed by atoms with van der Waals surface area (Å²) >= 11 is 0. The number of fused-ring (bicyclic) bond motifs is 1. The van der Waals surface area contributed by atoms with Gasteiger partial charge in [0, 0.05) is 18.2 Å². The topological polar surface area (TPSA) is 23.5 Å². The molecule has 2 heteroatoms. The standard InChI is InChI=1S/C17H23NO/c1-4-11-18(13(2)3)12-16-15-8-6-5-7-14(15)9-10-17(16)19/h5-10,13,19H,4,11-12H2,1-3H3. The van der Waals surface area contributed by atoms with Gasteiger partial charge in [0.2, 0.25) is 0 Å². The van der Waals surface area contributed by atoms with E-state index < -0.39 is 0 Å². The average Bonchev–Trinajstić information content (AvgIpc) is 2.40. The Balaban J connectivity index is 2.40. The highest BCUT2D eigenvalue weighted by molar-refractivity contribution is 5.87. The lowest BCUT2D eigenvalue weighted by molar-refractivity contribution is 0.212. The van der Waals surface area contributed by atoms with Gasteiger partial charge in [0.15, 0.2) is 0 Å². The van der Waals surface area contributed by atoms with E-state index in [1.807, 2.05) is 24.3 Å².